The van der Waals surface area contributed by atoms with E-state index < -0.39 is 4.92 Å². The van der Waals surface area contributed by atoms with Crippen molar-refractivity contribution in [3.8, 4) is 0 Å². The van der Waals surface area contributed by atoms with Gasteiger partial charge in [0.15, 0.2) is 0 Å². The zero-order valence-electron chi connectivity index (χ0n) is 15.5. The molecule has 0 N–H and O–H groups in total. The minimum absolute atomic E-state index is 0.0294. The Hall–Kier alpha value is -2.16. The standard InChI is InChI=1S/C18H21Cl2N5O3/c1-13-10-17(25(27)28)21-24(13)5-4-18(26)23-8-6-22(7-9-23)12-14-2-3-15(19)11-16(14)20/h2-3,10-11H,4-9,12H2,1H3. The van der Waals surface area contributed by atoms with Crippen LogP contribution in [0.15, 0.2) is 24.3 Å². The highest BCUT2D eigenvalue weighted by Gasteiger charge is 2.23. The molecule has 10 heteroatoms. The molecule has 1 aliphatic rings. The lowest BCUT2D eigenvalue weighted by molar-refractivity contribution is -0.389. The van der Waals surface area contributed by atoms with Gasteiger partial charge in [0.2, 0.25) is 5.91 Å². The van der Waals surface area contributed by atoms with Gasteiger partial charge in [-0.05, 0) is 29.5 Å². The maximum atomic E-state index is 12.5. The first-order valence-corrected chi connectivity index (χ1v) is 9.72. The minimum atomic E-state index is -0.530. The summed E-state index contributed by atoms with van der Waals surface area (Å²) >= 11 is 12.2. The van der Waals surface area contributed by atoms with Crippen LogP contribution in [-0.4, -0.2) is 56.6 Å². The Labute approximate surface area is 172 Å². The number of hydrogen-bond acceptors (Lipinski definition) is 5. The lowest BCUT2D eigenvalue weighted by Crippen LogP contribution is -2.48. The lowest BCUT2D eigenvalue weighted by atomic mass is 10.2. The second-order valence-electron chi connectivity index (χ2n) is 6.77. The highest BCUT2D eigenvalue weighted by molar-refractivity contribution is 6.35. The summed E-state index contributed by atoms with van der Waals surface area (Å²) in [5, 5.41) is 16.0. The van der Waals surface area contributed by atoms with E-state index in [1.165, 1.54) is 10.7 Å². The van der Waals surface area contributed by atoms with E-state index in [-0.39, 0.29) is 18.1 Å². The molecule has 0 radical (unpaired) electrons. The molecular weight excluding hydrogens is 405 g/mol. The van der Waals surface area contributed by atoms with E-state index in [2.05, 4.69) is 10.00 Å². The highest BCUT2D eigenvalue weighted by Crippen LogP contribution is 2.22. The van der Waals surface area contributed by atoms with Crippen molar-refractivity contribution in [3.05, 3.63) is 55.7 Å². The fourth-order valence-corrected chi connectivity index (χ4v) is 3.68. The molecule has 0 atom stereocenters. The van der Waals surface area contributed by atoms with Crippen LogP contribution in [-0.2, 0) is 17.9 Å². The van der Waals surface area contributed by atoms with Crippen LogP contribution in [0.4, 0.5) is 5.82 Å². The molecule has 0 aliphatic carbocycles. The number of hydrogen-bond donors (Lipinski definition) is 0. The molecule has 0 unspecified atom stereocenters. The van der Waals surface area contributed by atoms with Gasteiger partial charge in [-0.1, -0.05) is 29.3 Å². The van der Waals surface area contributed by atoms with Gasteiger partial charge in [-0.25, -0.2) is 0 Å². The van der Waals surface area contributed by atoms with E-state index in [4.69, 9.17) is 23.2 Å². The number of rotatable bonds is 6. The van der Waals surface area contributed by atoms with Gasteiger partial charge >= 0.3 is 5.82 Å². The molecule has 2 aromatic rings. The number of benzene rings is 1. The number of aromatic nitrogens is 2. The van der Waals surface area contributed by atoms with Crippen LogP contribution < -0.4 is 0 Å². The van der Waals surface area contributed by atoms with Gasteiger partial charge < -0.3 is 15.0 Å². The molecule has 1 aromatic carbocycles. The molecule has 1 amide bonds. The number of carbonyl (C=O) groups excluding carboxylic acids is 1. The van der Waals surface area contributed by atoms with E-state index >= 15 is 0 Å². The average molecular weight is 426 g/mol. The third-order valence-electron chi connectivity index (χ3n) is 4.83. The summed E-state index contributed by atoms with van der Waals surface area (Å²) in [7, 11) is 0. The van der Waals surface area contributed by atoms with Gasteiger partial charge in [0, 0.05) is 49.2 Å². The number of aryl methyl sites for hydroxylation is 2. The third-order valence-corrected chi connectivity index (χ3v) is 5.41. The molecule has 1 saturated heterocycles. The van der Waals surface area contributed by atoms with Crippen LogP contribution in [0.1, 0.15) is 17.7 Å². The van der Waals surface area contributed by atoms with Gasteiger partial charge in [0.1, 0.15) is 0 Å². The van der Waals surface area contributed by atoms with Crippen molar-refractivity contribution in [1.29, 1.82) is 0 Å². The molecule has 0 bridgehead atoms. The lowest BCUT2D eigenvalue weighted by Gasteiger charge is -2.35. The molecule has 0 spiro atoms. The second kappa shape index (κ2) is 8.89. The summed E-state index contributed by atoms with van der Waals surface area (Å²) in [6, 6.07) is 6.89. The molecule has 0 saturated carbocycles. The molecule has 28 heavy (non-hydrogen) atoms. The maximum Gasteiger partial charge on any atom is 0.390 e. The molecule has 1 aliphatic heterocycles. The Kier molecular flexibility index (Phi) is 6.53. The fourth-order valence-electron chi connectivity index (χ4n) is 3.21. The zero-order chi connectivity index (χ0) is 20.3. The quantitative estimate of drug-likeness (QED) is 0.524. The van der Waals surface area contributed by atoms with Crippen LogP contribution in [0.5, 0.6) is 0 Å². The SMILES string of the molecule is Cc1cc([N+](=O)[O-])nn1CCC(=O)N1CCN(Cc2ccc(Cl)cc2Cl)CC1. The smallest absolute Gasteiger partial charge is 0.358 e. The number of piperazine rings is 1. The van der Waals surface area contributed by atoms with E-state index in [9.17, 15) is 14.9 Å². The van der Waals surface area contributed by atoms with Crippen molar-refractivity contribution < 1.29 is 9.72 Å². The topological polar surface area (TPSA) is 84.5 Å². The molecule has 1 aromatic heterocycles. The normalized spacial score (nSPS) is 15.0. The number of carbonyl (C=O) groups is 1. The van der Waals surface area contributed by atoms with Crippen molar-refractivity contribution in [2.45, 2.75) is 26.4 Å². The molecular formula is C18H21Cl2N5O3. The first-order valence-electron chi connectivity index (χ1n) is 8.96. The van der Waals surface area contributed by atoms with Crippen LogP contribution in [0.25, 0.3) is 0 Å². The van der Waals surface area contributed by atoms with E-state index in [1.54, 1.807) is 13.0 Å². The summed E-state index contributed by atoms with van der Waals surface area (Å²) in [5.41, 5.74) is 1.69. The Morgan fingerprint density at radius 3 is 2.54 bits per heavy atom. The minimum Gasteiger partial charge on any atom is -0.358 e. The molecule has 150 valence electrons. The largest absolute Gasteiger partial charge is 0.390 e. The molecule has 3 rings (SSSR count). The Balaban J connectivity index is 1.48. The van der Waals surface area contributed by atoms with Crippen LogP contribution >= 0.6 is 23.2 Å². The van der Waals surface area contributed by atoms with Crippen molar-refractivity contribution in [3.63, 3.8) is 0 Å². The van der Waals surface area contributed by atoms with E-state index in [1.807, 2.05) is 17.0 Å². The number of halogens is 2. The monoisotopic (exact) mass is 425 g/mol. The molecule has 1 fully saturated rings. The van der Waals surface area contributed by atoms with Crippen molar-refractivity contribution >= 4 is 34.9 Å². The van der Waals surface area contributed by atoms with Crippen LogP contribution in [0.3, 0.4) is 0 Å². The predicted molar refractivity (Wildman–Crippen MR) is 107 cm³/mol. The van der Waals surface area contributed by atoms with Crippen molar-refractivity contribution in [1.82, 2.24) is 19.6 Å². The van der Waals surface area contributed by atoms with Gasteiger partial charge in [0.05, 0.1) is 23.4 Å². The summed E-state index contributed by atoms with van der Waals surface area (Å²) < 4.78 is 1.51. The third kappa shape index (κ3) is 5.01. The van der Waals surface area contributed by atoms with Crippen molar-refractivity contribution in [2.75, 3.05) is 26.2 Å². The molecule has 8 nitrogen and oxygen atoms in total. The molecule has 2 heterocycles. The summed E-state index contributed by atoms with van der Waals surface area (Å²) in [5.74, 6) is -0.166. The number of amides is 1. The van der Waals surface area contributed by atoms with Gasteiger partial charge in [-0.15, -0.1) is 0 Å². The number of nitro groups is 1. The number of nitrogens with zero attached hydrogens (tertiary/aromatic N) is 5. The summed E-state index contributed by atoms with van der Waals surface area (Å²) in [6.07, 6.45) is 0.267. The zero-order valence-corrected chi connectivity index (χ0v) is 17.0. The first kappa shape index (κ1) is 20.6. The second-order valence-corrected chi connectivity index (χ2v) is 7.61. The van der Waals surface area contributed by atoms with Gasteiger partial charge in [0.25, 0.3) is 0 Å². The van der Waals surface area contributed by atoms with Crippen LogP contribution in [0.2, 0.25) is 10.0 Å². The highest BCUT2D eigenvalue weighted by atomic mass is 35.5. The average Bonchev–Trinajstić information content (AvgIpc) is 3.04. The maximum absolute atomic E-state index is 12.5. The summed E-state index contributed by atoms with van der Waals surface area (Å²) in [4.78, 5) is 26.8. The van der Waals surface area contributed by atoms with E-state index in [0.29, 0.717) is 41.9 Å². The van der Waals surface area contributed by atoms with Gasteiger partial charge in [-0.3, -0.25) is 9.69 Å². The van der Waals surface area contributed by atoms with Crippen molar-refractivity contribution in [2.24, 2.45) is 0 Å². The Morgan fingerprint density at radius 2 is 1.93 bits per heavy atom. The predicted octanol–water partition coefficient (Wildman–Crippen LogP) is 3.14. The summed E-state index contributed by atoms with van der Waals surface area (Å²) in [6.45, 7) is 5.59. The first-order chi connectivity index (χ1) is 13.3. The van der Waals surface area contributed by atoms with Gasteiger partial charge in [-0.2, -0.15) is 4.68 Å². The van der Waals surface area contributed by atoms with E-state index in [0.717, 1.165) is 18.7 Å². The Morgan fingerprint density at radius 1 is 1.21 bits per heavy atom. The van der Waals surface area contributed by atoms with Crippen LogP contribution in [0, 0.1) is 17.0 Å². The Bertz CT molecular complexity index is 878. The fraction of sp³-hybridized carbons (Fsp3) is 0.444.